The van der Waals surface area contributed by atoms with E-state index in [1.54, 1.807) is 14.2 Å². The van der Waals surface area contributed by atoms with Gasteiger partial charge in [-0.2, -0.15) is 5.10 Å². The number of thioether (sulfide) groups is 1. The van der Waals surface area contributed by atoms with Gasteiger partial charge in [0.2, 0.25) is 0 Å². The zero-order valence-corrected chi connectivity index (χ0v) is 18.8. The lowest BCUT2D eigenvalue weighted by atomic mass is 10.1. The molecule has 0 spiro atoms. The van der Waals surface area contributed by atoms with Crippen LogP contribution in [0.15, 0.2) is 58.8 Å². The van der Waals surface area contributed by atoms with Gasteiger partial charge in [-0.05, 0) is 67.9 Å². The number of rotatable bonds is 9. The smallest absolute Gasteiger partial charge is 0.250 e. The van der Waals surface area contributed by atoms with E-state index in [0.717, 1.165) is 28.5 Å². The Hall–Kier alpha value is -3.33. The van der Waals surface area contributed by atoms with Crippen LogP contribution in [0.3, 0.4) is 0 Å². The molecule has 0 unspecified atom stereocenters. The van der Waals surface area contributed by atoms with Crippen molar-refractivity contribution < 1.29 is 14.3 Å². The molecule has 162 valence electrons. The molecule has 8 nitrogen and oxygen atoms in total. The third kappa shape index (κ3) is 5.64. The maximum atomic E-state index is 12.3. The predicted octanol–water partition coefficient (Wildman–Crippen LogP) is 3.61. The number of aromatic nitrogens is 3. The van der Waals surface area contributed by atoms with E-state index in [1.165, 1.54) is 11.8 Å². The number of nitrogens with zero attached hydrogens (tertiary/aromatic N) is 4. The zero-order chi connectivity index (χ0) is 22.2. The van der Waals surface area contributed by atoms with Crippen LogP contribution in [-0.2, 0) is 11.3 Å². The summed E-state index contributed by atoms with van der Waals surface area (Å²) in [6.45, 7) is 4.54. The minimum absolute atomic E-state index is 0.181. The van der Waals surface area contributed by atoms with Crippen molar-refractivity contribution in [1.82, 2.24) is 20.2 Å². The molecule has 1 amide bonds. The number of methoxy groups -OCH3 is 2. The second-order valence-corrected chi connectivity index (χ2v) is 7.47. The summed E-state index contributed by atoms with van der Waals surface area (Å²) in [5, 5.41) is 13.4. The summed E-state index contributed by atoms with van der Waals surface area (Å²) >= 11 is 1.32. The van der Waals surface area contributed by atoms with Gasteiger partial charge >= 0.3 is 0 Å². The van der Waals surface area contributed by atoms with Crippen LogP contribution in [0.25, 0.3) is 11.4 Å². The fourth-order valence-corrected chi connectivity index (χ4v) is 3.63. The average Bonchev–Trinajstić information content (AvgIpc) is 3.24. The van der Waals surface area contributed by atoms with Crippen molar-refractivity contribution in [3.05, 3.63) is 54.1 Å². The van der Waals surface area contributed by atoms with Gasteiger partial charge in [-0.15, -0.1) is 10.2 Å². The maximum absolute atomic E-state index is 12.3. The van der Waals surface area contributed by atoms with Gasteiger partial charge in [0.1, 0.15) is 11.5 Å². The molecule has 1 heterocycles. The number of hydrogen-bond donors (Lipinski definition) is 1. The second-order valence-electron chi connectivity index (χ2n) is 6.53. The number of amides is 1. The molecule has 0 saturated carbocycles. The van der Waals surface area contributed by atoms with Crippen LogP contribution in [0.5, 0.6) is 11.5 Å². The molecule has 0 atom stereocenters. The Morgan fingerprint density at radius 2 is 1.65 bits per heavy atom. The summed E-state index contributed by atoms with van der Waals surface area (Å²) in [7, 11) is 3.25. The van der Waals surface area contributed by atoms with Crippen LogP contribution in [-0.4, -0.2) is 46.4 Å². The summed E-state index contributed by atoms with van der Waals surface area (Å²) in [5.74, 6) is 2.27. The summed E-state index contributed by atoms with van der Waals surface area (Å²) in [6.07, 6.45) is 0. The molecular weight excluding hydrogens is 414 g/mol. The molecule has 3 rings (SSSR count). The second kappa shape index (κ2) is 10.6. The van der Waals surface area contributed by atoms with Gasteiger partial charge in [0.25, 0.3) is 5.91 Å². The molecule has 0 aliphatic heterocycles. The van der Waals surface area contributed by atoms with E-state index in [1.807, 2.05) is 66.9 Å². The quantitative estimate of drug-likeness (QED) is 0.311. The van der Waals surface area contributed by atoms with Crippen molar-refractivity contribution in [3.8, 4) is 22.9 Å². The van der Waals surface area contributed by atoms with E-state index in [4.69, 9.17) is 9.47 Å². The molecule has 0 aliphatic rings. The Kier molecular flexibility index (Phi) is 7.66. The first-order chi connectivity index (χ1) is 15.0. The number of carbonyl (C=O) groups is 1. The van der Waals surface area contributed by atoms with Crippen LogP contribution < -0.4 is 14.9 Å². The predicted molar refractivity (Wildman–Crippen MR) is 122 cm³/mol. The minimum Gasteiger partial charge on any atom is -0.497 e. The van der Waals surface area contributed by atoms with Gasteiger partial charge in [0, 0.05) is 12.1 Å². The molecular formula is C22H25N5O3S. The molecule has 0 aliphatic carbocycles. The lowest BCUT2D eigenvalue weighted by Crippen LogP contribution is -2.21. The first kappa shape index (κ1) is 22.4. The Morgan fingerprint density at radius 1 is 1.03 bits per heavy atom. The molecule has 2 aromatic carbocycles. The van der Waals surface area contributed by atoms with Gasteiger partial charge in [-0.25, -0.2) is 5.43 Å². The SMILES string of the molecule is CCn1c(SCC(=O)N/N=C(/C)c2ccc(OC)cc2)nnc1-c1ccc(OC)cc1. The largest absolute Gasteiger partial charge is 0.497 e. The average molecular weight is 440 g/mol. The minimum atomic E-state index is -0.213. The van der Waals surface area contributed by atoms with Crippen molar-refractivity contribution in [1.29, 1.82) is 0 Å². The molecule has 0 radical (unpaired) electrons. The number of hydrazone groups is 1. The van der Waals surface area contributed by atoms with E-state index in [0.29, 0.717) is 17.4 Å². The lowest BCUT2D eigenvalue weighted by molar-refractivity contribution is -0.118. The Bertz CT molecular complexity index is 1050. The molecule has 1 aromatic heterocycles. The summed E-state index contributed by atoms with van der Waals surface area (Å²) in [6, 6.07) is 15.1. The van der Waals surface area contributed by atoms with Crippen LogP contribution >= 0.6 is 11.8 Å². The normalized spacial score (nSPS) is 11.3. The molecule has 0 saturated heterocycles. The number of carbonyl (C=O) groups excluding carboxylic acids is 1. The molecule has 3 aromatic rings. The maximum Gasteiger partial charge on any atom is 0.250 e. The number of ether oxygens (including phenoxy) is 2. The van der Waals surface area contributed by atoms with Gasteiger partial charge in [0.15, 0.2) is 11.0 Å². The topological polar surface area (TPSA) is 90.6 Å². The summed E-state index contributed by atoms with van der Waals surface area (Å²) < 4.78 is 12.3. The van der Waals surface area contributed by atoms with E-state index in [2.05, 4.69) is 20.7 Å². The van der Waals surface area contributed by atoms with Gasteiger partial charge < -0.3 is 14.0 Å². The van der Waals surface area contributed by atoms with E-state index in [9.17, 15) is 4.79 Å². The van der Waals surface area contributed by atoms with Gasteiger partial charge in [0.05, 0.1) is 25.7 Å². The third-order valence-electron chi connectivity index (χ3n) is 4.57. The monoisotopic (exact) mass is 439 g/mol. The van der Waals surface area contributed by atoms with Gasteiger partial charge in [-0.3, -0.25) is 4.79 Å². The molecule has 0 fully saturated rings. The summed E-state index contributed by atoms with van der Waals surface area (Å²) in [5.41, 5.74) is 5.14. The third-order valence-corrected chi connectivity index (χ3v) is 5.54. The Morgan fingerprint density at radius 3 is 2.23 bits per heavy atom. The van der Waals surface area contributed by atoms with E-state index < -0.39 is 0 Å². The molecule has 0 bridgehead atoms. The lowest BCUT2D eigenvalue weighted by Gasteiger charge is -2.08. The first-order valence-corrected chi connectivity index (χ1v) is 10.7. The number of nitrogens with one attached hydrogen (secondary N) is 1. The van der Waals surface area contributed by atoms with Crippen LogP contribution in [0, 0.1) is 0 Å². The number of benzene rings is 2. The standard InChI is InChI=1S/C22H25N5O3S/c1-5-27-21(17-8-12-19(30-4)13-9-17)25-26-22(27)31-14-20(28)24-23-15(2)16-6-10-18(29-3)11-7-16/h6-13H,5,14H2,1-4H3,(H,24,28)/b23-15-. The van der Waals surface area contributed by atoms with Crippen molar-refractivity contribution in [2.75, 3.05) is 20.0 Å². The molecule has 9 heteroatoms. The van der Waals surface area contributed by atoms with Crippen LogP contribution in [0.2, 0.25) is 0 Å². The highest BCUT2D eigenvalue weighted by Crippen LogP contribution is 2.25. The van der Waals surface area contributed by atoms with Crippen molar-refractivity contribution in [2.45, 2.75) is 25.5 Å². The number of hydrogen-bond acceptors (Lipinski definition) is 7. The van der Waals surface area contributed by atoms with Crippen molar-refractivity contribution >= 4 is 23.4 Å². The first-order valence-electron chi connectivity index (χ1n) is 9.73. The highest BCUT2D eigenvalue weighted by Gasteiger charge is 2.14. The highest BCUT2D eigenvalue weighted by molar-refractivity contribution is 7.99. The Balaban J connectivity index is 1.61. The van der Waals surface area contributed by atoms with Crippen LogP contribution in [0.1, 0.15) is 19.4 Å². The highest BCUT2D eigenvalue weighted by atomic mass is 32.2. The van der Waals surface area contributed by atoms with Gasteiger partial charge in [-0.1, -0.05) is 11.8 Å². The van der Waals surface area contributed by atoms with E-state index in [-0.39, 0.29) is 11.7 Å². The van der Waals surface area contributed by atoms with Crippen molar-refractivity contribution in [3.63, 3.8) is 0 Å². The fraction of sp³-hybridized carbons (Fsp3) is 0.273. The van der Waals surface area contributed by atoms with Crippen LogP contribution in [0.4, 0.5) is 0 Å². The van der Waals surface area contributed by atoms with Crippen molar-refractivity contribution in [2.24, 2.45) is 5.10 Å². The Labute approximate surface area is 185 Å². The molecule has 1 N–H and O–H groups in total. The summed E-state index contributed by atoms with van der Waals surface area (Å²) in [4.78, 5) is 12.3. The molecule has 31 heavy (non-hydrogen) atoms. The van der Waals surface area contributed by atoms with E-state index >= 15 is 0 Å². The fourth-order valence-electron chi connectivity index (χ4n) is 2.84. The zero-order valence-electron chi connectivity index (χ0n) is 18.0.